The number of nitrogens with zero attached hydrogens (tertiary/aromatic N) is 4. The maximum absolute atomic E-state index is 4.41. The van der Waals surface area contributed by atoms with Crippen molar-refractivity contribution < 1.29 is 0 Å². The van der Waals surface area contributed by atoms with E-state index in [-0.39, 0.29) is 6.04 Å². The Morgan fingerprint density at radius 2 is 2.11 bits per heavy atom. The minimum Gasteiger partial charge on any atom is -0.356 e. The zero-order valence-electron chi connectivity index (χ0n) is 16.2. The van der Waals surface area contributed by atoms with E-state index < -0.39 is 0 Å². The van der Waals surface area contributed by atoms with Gasteiger partial charge in [-0.05, 0) is 37.8 Å². The summed E-state index contributed by atoms with van der Waals surface area (Å²) in [6.07, 6.45) is 6.77. The first-order valence-corrected chi connectivity index (χ1v) is 10.6. The molecule has 0 saturated heterocycles. The Balaban J connectivity index is 1.47. The van der Waals surface area contributed by atoms with Crippen molar-refractivity contribution in [1.82, 2.24) is 25.4 Å². The summed E-state index contributed by atoms with van der Waals surface area (Å²) in [4.78, 5) is 4.35. The quantitative estimate of drug-likeness (QED) is 0.415. The van der Waals surface area contributed by atoms with Crippen molar-refractivity contribution in [2.75, 3.05) is 13.6 Å². The Bertz CT molecular complexity index is 770. The molecule has 0 aliphatic carbocycles. The topological polar surface area (TPSA) is 67.1 Å². The summed E-state index contributed by atoms with van der Waals surface area (Å²) in [5, 5.41) is 15.6. The third-order valence-corrected chi connectivity index (χ3v) is 5.73. The van der Waals surface area contributed by atoms with Crippen LogP contribution in [0.25, 0.3) is 0 Å². The molecule has 7 heteroatoms. The van der Waals surface area contributed by atoms with Crippen molar-refractivity contribution in [1.29, 1.82) is 0 Å². The van der Waals surface area contributed by atoms with Gasteiger partial charge in [-0.15, -0.1) is 10.2 Å². The predicted molar refractivity (Wildman–Crippen MR) is 113 cm³/mol. The zero-order valence-corrected chi connectivity index (χ0v) is 17.8. The van der Waals surface area contributed by atoms with Gasteiger partial charge in [-0.2, -0.15) is 0 Å². The number of halogens is 1. The second-order valence-electron chi connectivity index (χ2n) is 6.98. The summed E-state index contributed by atoms with van der Waals surface area (Å²) in [6, 6.07) is 8.42. The van der Waals surface area contributed by atoms with E-state index in [0.29, 0.717) is 0 Å². The molecule has 27 heavy (non-hydrogen) atoms. The average molecular weight is 433 g/mol. The van der Waals surface area contributed by atoms with E-state index in [2.05, 4.69) is 71.4 Å². The molecule has 1 atom stereocenters. The average Bonchev–Trinajstić information content (AvgIpc) is 2.90. The Morgan fingerprint density at radius 3 is 2.93 bits per heavy atom. The molecule has 1 aromatic carbocycles. The fourth-order valence-corrected chi connectivity index (χ4v) is 4.12. The molecular formula is C20H29BrN6. The summed E-state index contributed by atoms with van der Waals surface area (Å²) < 4.78 is 3.43. The van der Waals surface area contributed by atoms with Crippen LogP contribution in [0.15, 0.2) is 33.7 Å². The van der Waals surface area contributed by atoms with Gasteiger partial charge >= 0.3 is 0 Å². The molecule has 1 aliphatic rings. The molecule has 0 saturated carbocycles. The van der Waals surface area contributed by atoms with E-state index in [1.54, 1.807) is 7.05 Å². The highest BCUT2D eigenvalue weighted by atomic mass is 79.9. The first kappa shape index (κ1) is 19.9. The summed E-state index contributed by atoms with van der Waals surface area (Å²) >= 11 is 3.61. The van der Waals surface area contributed by atoms with E-state index >= 15 is 0 Å². The molecule has 2 N–H and O–H groups in total. The van der Waals surface area contributed by atoms with Crippen molar-refractivity contribution in [3.8, 4) is 0 Å². The van der Waals surface area contributed by atoms with Crippen LogP contribution in [0.4, 0.5) is 0 Å². The third kappa shape index (κ3) is 5.31. The van der Waals surface area contributed by atoms with Crippen LogP contribution in [0.2, 0.25) is 0 Å². The third-order valence-electron chi connectivity index (χ3n) is 5.00. The molecule has 0 fully saturated rings. The van der Waals surface area contributed by atoms with E-state index in [1.807, 2.05) is 6.07 Å². The van der Waals surface area contributed by atoms with E-state index in [0.717, 1.165) is 54.4 Å². The normalized spacial score (nSPS) is 15.7. The molecule has 0 spiro atoms. The number of nitrogens with one attached hydrogen (secondary N) is 2. The largest absolute Gasteiger partial charge is 0.356 e. The van der Waals surface area contributed by atoms with Gasteiger partial charge in [0.25, 0.3) is 0 Å². The van der Waals surface area contributed by atoms with E-state index in [1.165, 1.54) is 24.8 Å². The second-order valence-corrected chi connectivity index (χ2v) is 7.84. The first-order valence-electron chi connectivity index (χ1n) is 9.81. The Kier molecular flexibility index (Phi) is 7.26. The fraction of sp³-hybridized carbons (Fsp3) is 0.550. The minimum atomic E-state index is 0.166. The smallest absolute Gasteiger partial charge is 0.191 e. The van der Waals surface area contributed by atoms with Gasteiger partial charge in [-0.3, -0.25) is 4.99 Å². The number of fused-ring (bicyclic) bond motifs is 1. The van der Waals surface area contributed by atoms with Crippen molar-refractivity contribution >= 4 is 21.9 Å². The Labute approximate surface area is 170 Å². The second kappa shape index (κ2) is 9.88. The number of aromatic nitrogens is 3. The highest BCUT2D eigenvalue weighted by Crippen LogP contribution is 2.22. The van der Waals surface area contributed by atoms with Crippen LogP contribution < -0.4 is 10.6 Å². The molecule has 2 heterocycles. The lowest BCUT2D eigenvalue weighted by molar-refractivity contribution is 0.592. The molecule has 0 bridgehead atoms. The van der Waals surface area contributed by atoms with Gasteiger partial charge in [0.15, 0.2) is 5.96 Å². The standard InChI is InChI=1S/C20H29BrN6/c1-15(16-9-5-6-10-17(16)21)24-20(22-2)23-13-8-12-19-26-25-18-11-4-3-7-14-27(18)19/h5-6,9-10,15H,3-4,7-8,11-14H2,1-2H3,(H2,22,23,24). The van der Waals surface area contributed by atoms with E-state index in [9.17, 15) is 0 Å². The lowest BCUT2D eigenvalue weighted by Crippen LogP contribution is -2.39. The lowest BCUT2D eigenvalue weighted by atomic mass is 10.1. The fourth-order valence-electron chi connectivity index (χ4n) is 3.49. The highest BCUT2D eigenvalue weighted by Gasteiger charge is 2.14. The Morgan fingerprint density at radius 1 is 1.26 bits per heavy atom. The number of aliphatic imine (C=N–C) groups is 1. The molecular weight excluding hydrogens is 404 g/mol. The van der Waals surface area contributed by atoms with Crippen molar-refractivity contribution in [3.63, 3.8) is 0 Å². The molecule has 0 radical (unpaired) electrons. The van der Waals surface area contributed by atoms with Crippen molar-refractivity contribution in [2.24, 2.45) is 4.99 Å². The van der Waals surface area contributed by atoms with Crippen LogP contribution in [0.1, 0.15) is 55.9 Å². The summed E-state index contributed by atoms with van der Waals surface area (Å²) in [5.41, 5.74) is 1.21. The van der Waals surface area contributed by atoms with Crippen LogP contribution in [-0.2, 0) is 19.4 Å². The van der Waals surface area contributed by atoms with Crippen LogP contribution in [0.5, 0.6) is 0 Å². The maximum atomic E-state index is 4.41. The van der Waals surface area contributed by atoms with Gasteiger partial charge in [-0.25, -0.2) is 0 Å². The van der Waals surface area contributed by atoms with Crippen LogP contribution >= 0.6 is 15.9 Å². The van der Waals surface area contributed by atoms with Gasteiger partial charge in [0.05, 0.1) is 6.04 Å². The molecule has 0 amide bonds. The summed E-state index contributed by atoms with van der Waals surface area (Å²) in [5.74, 6) is 3.10. The lowest BCUT2D eigenvalue weighted by Gasteiger charge is -2.19. The number of guanidine groups is 1. The molecule has 1 unspecified atom stereocenters. The molecule has 3 rings (SSSR count). The van der Waals surface area contributed by atoms with Gasteiger partial charge in [0, 0.05) is 37.5 Å². The number of benzene rings is 1. The molecule has 6 nitrogen and oxygen atoms in total. The van der Waals surface area contributed by atoms with E-state index in [4.69, 9.17) is 0 Å². The van der Waals surface area contributed by atoms with Gasteiger partial charge in [-0.1, -0.05) is 40.5 Å². The zero-order chi connectivity index (χ0) is 19.1. The van der Waals surface area contributed by atoms with Crippen LogP contribution in [-0.4, -0.2) is 34.3 Å². The van der Waals surface area contributed by atoms with Gasteiger partial charge in [0.1, 0.15) is 11.6 Å². The minimum absolute atomic E-state index is 0.166. The van der Waals surface area contributed by atoms with Crippen LogP contribution in [0.3, 0.4) is 0 Å². The monoisotopic (exact) mass is 432 g/mol. The van der Waals surface area contributed by atoms with Crippen molar-refractivity contribution in [2.45, 2.75) is 58.0 Å². The maximum Gasteiger partial charge on any atom is 0.191 e. The number of hydrogen-bond acceptors (Lipinski definition) is 3. The van der Waals surface area contributed by atoms with Crippen LogP contribution in [0, 0.1) is 0 Å². The van der Waals surface area contributed by atoms with Gasteiger partial charge < -0.3 is 15.2 Å². The molecule has 2 aromatic rings. The molecule has 1 aliphatic heterocycles. The summed E-state index contributed by atoms with van der Waals surface area (Å²) in [7, 11) is 1.81. The number of aryl methyl sites for hydroxylation is 2. The number of rotatable bonds is 6. The summed E-state index contributed by atoms with van der Waals surface area (Å²) in [6.45, 7) is 4.06. The Hall–Kier alpha value is -1.89. The van der Waals surface area contributed by atoms with Gasteiger partial charge in [0.2, 0.25) is 0 Å². The number of hydrogen-bond donors (Lipinski definition) is 2. The highest BCUT2D eigenvalue weighted by molar-refractivity contribution is 9.10. The first-order chi connectivity index (χ1) is 13.2. The molecule has 1 aromatic heterocycles. The van der Waals surface area contributed by atoms with Crippen molar-refractivity contribution in [3.05, 3.63) is 46.0 Å². The predicted octanol–water partition coefficient (Wildman–Crippen LogP) is 3.63. The SMILES string of the molecule is CN=C(NCCCc1nnc2n1CCCCC2)NC(C)c1ccccc1Br. The molecule has 146 valence electrons.